The van der Waals surface area contributed by atoms with Crippen LogP contribution in [-0.4, -0.2) is 5.91 Å². The molecule has 3 heteroatoms. The fourth-order valence-corrected chi connectivity index (χ4v) is 1.91. The van der Waals surface area contributed by atoms with Crippen LogP contribution in [0.5, 0.6) is 0 Å². The van der Waals surface area contributed by atoms with E-state index in [-0.39, 0.29) is 5.91 Å². The van der Waals surface area contributed by atoms with Crippen LogP contribution in [0.25, 0.3) is 0 Å². The van der Waals surface area contributed by atoms with E-state index in [0.717, 1.165) is 29.1 Å². The minimum absolute atomic E-state index is 0.0548. The van der Waals surface area contributed by atoms with Crippen molar-refractivity contribution in [2.24, 2.45) is 0 Å². The maximum Gasteiger partial charge on any atom is 0.255 e. The van der Waals surface area contributed by atoms with Gasteiger partial charge in [0, 0.05) is 16.3 Å². The van der Waals surface area contributed by atoms with E-state index in [1.54, 1.807) is 0 Å². The second-order valence-electron chi connectivity index (χ2n) is 4.07. The topological polar surface area (TPSA) is 29.1 Å². The highest BCUT2D eigenvalue weighted by Crippen LogP contribution is 2.19. The number of hydrogen-bond acceptors (Lipinski definition) is 1. The third kappa shape index (κ3) is 2.98. The smallest absolute Gasteiger partial charge is 0.255 e. The number of rotatable bonds is 2. The molecule has 0 atom stereocenters. The van der Waals surface area contributed by atoms with Gasteiger partial charge in [0.05, 0.1) is 0 Å². The van der Waals surface area contributed by atoms with E-state index in [4.69, 9.17) is 11.6 Å². The van der Waals surface area contributed by atoms with Crippen molar-refractivity contribution < 1.29 is 4.79 Å². The first-order chi connectivity index (χ1) is 8.16. The van der Waals surface area contributed by atoms with Crippen molar-refractivity contribution >= 4 is 17.5 Å². The summed E-state index contributed by atoms with van der Waals surface area (Å²) in [6.45, 7) is 1.93. The lowest BCUT2D eigenvalue weighted by atomic mass is 10.1. The summed E-state index contributed by atoms with van der Waals surface area (Å²) < 4.78 is 0. The van der Waals surface area contributed by atoms with Gasteiger partial charge >= 0.3 is 0 Å². The monoisotopic (exact) mass is 247 g/mol. The zero-order valence-corrected chi connectivity index (χ0v) is 10.4. The highest BCUT2D eigenvalue weighted by molar-refractivity contribution is 6.29. The molecule has 1 aromatic rings. The van der Waals surface area contributed by atoms with Gasteiger partial charge in [-0.15, -0.1) is 0 Å². The highest BCUT2D eigenvalue weighted by atomic mass is 35.5. The molecule has 0 aromatic heterocycles. The Kier molecular flexibility index (Phi) is 3.64. The number of allylic oxidation sites excluding steroid dienone is 4. The van der Waals surface area contributed by atoms with Gasteiger partial charge in [0.25, 0.3) is 5.91 Å². The van der Waals surface area contributed by atoms with Crippen LogP contribution in [0.4, 0.5) is 0 Å². The molecule has 2 rings (SSSR count). The molecule has 1 aliphatic rings. The Hall–Kier alpha value is -1.54. The third-order valence-electron chi connectivity index (χ3n) is 2.76. The van der Waals surface area contributed by atoms with E-state index >= 15 is 0 Å². The molecule has 0 bridgehead atoms. The minimum atomic E-state index is -0.0548. The maximum atomic E-state index is 12.0. The lowest BCUT2D eigenvalue weighted by Crippen LogP contribution is -2.24. The zero-order chi connectivity index (χ0) is 12.3. The lowest BCUT2D eigenvalue weighted by Gasteiger charge is -2.13. The lowest BCUT2D eigenvalue weighted by molar-refractivity contribution is 0.0964. The van der Waals surface area contributed by atoms with Crippen molar-refractivity contribution in [3.63, 3.8) is 0 Å². The first-order valence-electron chi connectivity index (χ1n) is 5.59. The molecule has 0 fully saturated rings. The van der Waals surface area contributed by atoms with Gasteiger partial charge in [-0.2, -0.15) is 0 Å². The molecule has 2 nitrogen and oxygen atoms in total. The SMILES string of the molecule is Cc1ccccc1C(=O)NC1=CC=C(Cl)CC1. The summed E-state index contributed by atoms with van der Waals surface area (Å²) in [4.78, 5) is 12.0. The second-order valence-corrected chi connectivity index (χ2v) is 4.56. The summed E-state index contributed by atoms with van der Waals surface area (Å²) in [7, 11) is 0. The van der Waals surface area contributed by atoms with Crippen molar-refractivity contribution in [1.29, 1.82) is 0 Å². The Morgan fingerprint density at radius 1 is 1.24 bits per heavy atom. The van der Waals surface area contributed by atoms with Gasteiger partial charge in [0.15, 0.2) is 0 Å². The predicted octanol–water partition coefficient (Wildman–Crippen LogP) is 3.53. The van der Waals surface area contributed by atoms with Crippen LogP contribution in [0.2, 0.25) is 0 Å². The molecule has 0 saturated heterocycles. The van der Waals surface area contributed by atoms with Crippen molar-refractivity contribution in [2.45, 2.75) is 19.8 Å². The Morgan fingerprint density at radius 3 is 2.65 bits per heavy atom. The number of aryl methyl sites for hydroxylation is 1. The average molecular weight is 248 g/mol. The number of halogens is 1. The van der Waals surface area contributed by atoms with Gasteiger partial charge in [0.1, 0.15) is 0 Å². The third-order valence-corrected chi connectivity index (χ3v) is 3.08. The van der Waals surface area contributed by atoms with Gasteiger partial charge < -0.3 is 5.32 Å². The summed E-state index contributed by atoms with van der Waals surface area (Å²) in [5.41, 5.74) is 2.62. The molecule has 0 unspecified atom stereocenters. The molecule has 1 amide bonds. The fraction of sp³-hybridized carbons (Fsp3) is 0.214. The molecule has 1 aromatic carbocycles. The first-order valence-corrected chi connectivity index (χ1v) is 5.97. The molecule has 88 valence electrons. The zero-order valence-electron chi connectivity index (χ0n) is 9.66. The molecule has 1 aliphatic carbocycles. The van der Waals surface area contributed by atoms with Crippen molar-refractivity contribution in [2.75, 3.05) is 0 Å². The summed E-state index contributed by atoms with van der Waals surface area (Å²) in [5, 5.41) is 3.75. The van der Waals surface area contributed by atoms with E-state index in [9.17, 15) is 4.79 Å². The number of carbonyl (C=O) groups excluding carboxylic acids is 1. The minimum Gasteiger partial charge on any atom is -0.326 e. The Balaban J connectivity index is 2.11. The van der Waals surface area contributed by atoms with Crippen LogP contribution in [0, 0.1) is 6.92 Å². The molecule has 17 heavy (non-hydrogen) atoms. The van der Waals surface area contributed by atoms with Crippen molar-refractivity contribution in [3.05, 3.63) is 58.3 Å². The van der Waals surface area contributed by atoms with E-state index in [2.05, 4.69) is 5.32 Å². The van der Waals surface area contributed by atoms with Crippen LogP contribution in [0.1, 0.15) is 28.8 Å². The molecule has 0 spiro atoms. The van der Waals surface area contributed by atoms with Crippen LogP contribution < -0.4 is 5.32 Å². The number of hydrogen-bond donors (Lipinski definition) is 1. The Labute approximate surface area is 106 Å². The summed E-state index contributed by atoms with van der Waals surface area (Å²) in [6, 6.07) is 7.56. The molecular weight excluding hydrogens is 234 g/mol. The van der Waals surface area contributed by atoms with E-state index in [0.29, 0.717) is 5.56 Å². The van der Waals surface area contributed by atoms with Gasteiger partial charge in [-0.25, -0.2) is 0 Å². The van der Waals surface area contributed by atoms with E-state index in [1.807, 2.05) is 43.3 Å². The maximum absolute atomic E-state index is 12.0. The van der Waals surface area contributed by atoms with Crippen LogP contribution in [0.15, 0.2) is 47.1 Å². The number of amides is 1. The van der Waals surface area contributed by atoms with Gasteiger partial charge in [-0.05, 0) is 43.5 Å². The van der Waals surface area contributed by atoms with Crippen molar-refractivity contribution in [3.8, 4) is 0 Å². The quantitative estimate of drug-likeness (QED) is 0.851. The summed E-state index contributed by atoms with van der Waals surface area (Å²) in [6.07, 6.45) is 5.27. The Morgan fingerprint density at radius 2 is 2.00 bits per heavy atom. The van der Waals surface area contributed by atoms with Crippen LogP contribution in [0.3, 0.4) is 0 Å². The van der Waals surface area contributed by atoms with E-state index < -0.39 is 0 Å². The van der Waals surface area contributed by atoms with Gasteiger partial charge in [-0.1, -0.05) is 29.8 Å². The van der Waals surface area contributed by atoms with Crippen LogP contribution >= 0.6 is 11.6 Å². The standard InChI is InChI=1S/C14H14ClNO/c1-10-4-2-3-5-13(10)14(17)16-12-8-6-11(15)7-9-12/h2-6,8H,7,9H2,1H3,(H,16,17). The van der Waals surface area contributed by atoms with E-state index in [1.165, 1.54) is 0 Å². The molecular formula is C14H14ClNO. The molecule has 0 radical (unpaired) electrons. The van der Waals surface area contributed by atoms with Gasteiger partial charge in [0.2, 0.25) is 0 Å². The summed E-state index contributed by atoms with van der Waals surface area (Å²) >= 11 is 5.86. The number of nitrogens with one attached hydrogen (secondary N) is 1. The number of carbonyl (C=O) groups is 1. The largest absolute Gasteiger partial charge is 0.326 e. The van der Waals surface area contributed by atoms with Gasteiger partial charge in [-0.3, -0.25) is 4.79 Å². The van der Waals surface area contributed by atoms with Crippen molar-refractivity contribution in [1.82, 2.24) is 5.32 Å². The normalized spacial score (nSPS) is 14.9. The molecule has 0 saturated carbocycles. The molecule has 0 aliphatic heterocycles. The summed E-state index contributed by atoms with van der Waals surface area (Å²) in [5.74, 6) is -0.0548. The predicted molar refractivity (Wildman–Crippen MR) is 69.9 cm³/mol. The first kappa shape index (κ1) is 11.9. The fourth-order valence-electron chi connectivity index (χ4n) is 1.76. The Bertz CT molecular complexity index is 503. The molecule has 0 heterocycles. The highest BCUT2D eigenvalue weighted by Gasteiger charge is 2.11. The number of benzene rings is 1. The van der Waals surface area contributed by atoms with Crippen LogP contribution in [-0.2, 0) is 0 Å². The molecule has 1 N–H and O–H groups in total. The second kappa shape index (κ2) is 5.19. The average Bonchev–Trinajstić information content (AvgIpc) is 2.32.